The highest BCUT2D eigenvalue weighted by molar-refractivity contribution is 8.78. The summed E-state index contributed by atoms with van der Waals surface area (Å²) in [4.78, 5) is 0. The van der Waals surface area contributed by atoms with Crippen LogP contribution in [0.3, 0.4) is 0 Å². The molecule has 1 N–H and O–H groups in total. The van der Waals surface area contributed by atoms with Gasteiger partial charge in [0.2, 0.25) is 0 Å². The van der Waals surface area contributed by atoms with Crippen molar-refractivity contribution >= 4 is 21.6 Å². The highest BCUT2D eigenvalue weighted by atomic mass is 33.1. The molecule has 0 saturated carbocycles. The quantitative estimate of drug-likeness (QED) is 0.532. The molecule has 0 spiro atoms. The molecule has 1 aliphatic rings. The lowest BCUT2D eigenvalue weighted by molar-refractivity contribution is 0.283. The second-order valence-electron chi connectivity index (χ2n) is 2.63. The Morgan fingerprint density at radius 2 is 2.18 bits per heavy atom. The van der Waals surface area contributed by atoms with Crippen molar-refractivity contribution in [1.29, 1.82) is 0 Å². The Balaban J connectivity index is 1.90. The van der Waals surface area contributed by atoms with Gasteiger partial charge in [0.05, 0.1) is 0 Å². The molecule has 1 nitrogen and oxygen atoms in total. The first kappa shape index (κ1) is 9.49. The molecule has 1 atom stereocenters. The third kappa shape index (κ3) is 4.09. The molecule has 0 aromatic rings. The van der Waals surface area contributed by atoms with Gasteiger partial charge in [-0.1, -0.05) is 40.5 Å². The Bertz CT molecular complexity index is 125. The van der Waals surface area contributed by atoms with Crippen molar-refractivity contribution < 1.29 is 5.11 Å². The van der Waals surface area contributed by atoms with Crippen molar-refractivity contribution in [3.05, 3.63) is 11.5 Å². The molecule has 0 aromatic heterocycles. The van der Waals surface area contributed by atoms with Crippen LogP contribution in [-0.4, -0.2) is 17.0 Å². The minimum atomic E-state index is 0.350. The maximum atomic E-state index is 8.53. The van der Waals surface area contributed by atoms with Crippen molar-refractivity contribution in [3.8, 4) is 0 Å². The summed E-state index contributed by atoms with van der Waals surface area (Å²) in [6.45, 7) is 0.350. The van der Waals surface area contributed by atoms with E-state index < -0.39 is 0 Å². The summed E-state index contributed by atoms with van der Waals surface area (Å²) in [5.41, 5.74) is 0. The van der Waals surface area contributed by atoms with Crippen LogP contribution in [0.1, 0.15) is 25.7 Å². The van der Waals surface area contributed by atoms with Crippen LogP contribution in [0.2, 0.25) is 0 Å². The van der Waals surface area contributed by atoms with E-state index in [1.165, 1.54) is 19.3 Å². The van der Waals surface area contributed by atoms with Crippen LogP contribution in [0.15, 0.2) is 11.5 Å². The van der Waals surface area contributed by atoms with Gasteiger partial charge in [-0.25, -0.2) is 0 Å². The van der Waals surface area contributed by atoms with E-state index in [1.54, 1.807) is 0 Å². The normalized spacial score (nSPS) is 22.8. The van der Waals surface area contributed by atoms with Crippen molar-refractivity contribution in [3.63, 3.8) is 0 Å². The first-order valence-electron chi connectivity index (χ1n) is 4.03. The summed E-state index contributed by atoms with van der Waals surface area (Å²) < 4.78 is 0. The zero-order chi connectivity index (χ0) is 7.94. The summed E-state index contributed by atoms with van der Waals surface area (Å²) in [6.07, 6.45) is 6.94. The van der Waals surface area contributed by atoms with Crippen molar-refractivity contribution in [2.45, 2.75) is 30.9 Å². The van der Waals surface area contributed by atoms with E-state index in [2.05, 4.69) is 11.5 Å². The summed E-state index contributed by atoms with van der Waals surface area (Å²) in [7, 11) is 3.78. The molecule has 3 heteroatoms. The molecule has 64 valence electrons. The Hall–Kier alpha value is 0.400. The molecule has 1 unspecified atom stereocenters. The second kappa shape index (κ2) is 5.98. The Kier molecular flexibility index (Phi) is 5.15. The molecule has 0 aliphatic carbocycles. The van der Waals surface area contributed by atoms with Crippen LogP contribution in [0.25, 0.3) is 0 Å². The van der Waals surface area contributed by atoms with Crippen LogP contribution in [0, 0.1) is 0 Å². The summed E-state index contributed by atoms with van der Waals surface area (Å²) in [6, 6.07) is 0. The molecule has 0 radical (unpaired) electrons. The van der Waals surface area contributed by atoms with Gasteiger partial charge in [0, 0.05) is 11.9 Å². The van der Waals surface area contributed by atoms with E-state index in [4.69, 9.17) is 5.11 Å². The molecule has 0 amide bonds. The van der Waals surface area contributed by atoms with E-state index in [0.29, 0.717) is 6.61 Å². The van der Waals surface area contributed by atoms with Gasteiger partial charge in [0.25, 0.3) is 0 Å². The van der Waals surface area contributed by atoms with Gasteiger partial charge in [0.15, 0.2) is 0 Å². The van der Waals surface area contributed by atoms with Gasteiger partial charge in [-0.2, -0.15) is 0 Å². The van der Waals surface area contributed by atoms with Crippen molar-refractivity contribution in [2.75, 3.05) is 6.61 Å². The zero-order valence-corrected chi connectivity index (χ0v) is 8.16. The highest BCUT2D eigenvalue weighted by Gasteiger charge is 2.08. The van der Waals surface area contributed by atoms with E-state index >= 15 is 0 Å². The van der Waals surface area contributed by atoms with Crippen LogP contribution in [-0.2, 0) is 0 Å². The number of aliphatic hydroxyl groups is 1. The van der Waals surface area contributed by atoms with Crippen LogP contribution in [0.5, 0.6) is 0 Å². The molecular formula is C8H14OS2. The predicted octanol–water partition coefficient (Wildman–Crippen LogP) is 2.82. The minimum Gasteiger partial charge on any atom is -0.396 e. The van der Waals surface area contributed by atoms with Crippen molar-refractivity contribution in [1.82, 2.24) is 0 Å². The molecule has 0 aromatic carbocycles. The highest BCUT2D eigenvalue weighted by Crippen LogP contribution is 2.37. The smallest absolute Gasteiger partial charge is 0.0431 e. The van der Waals surface area contributed by atoms with Gasteiger partial charge in [-0.3, -0.25) is 0 Å². The Labute approximate surface area is 76.0 Å². The third-order valence-electron chi connectivity index (χ3n) is 1.67. The van der Waals surface area contributed by atoms with Crippen molar-refractivity contribution in [2.24, 2.45) is 0 Å². The lowest BCUT2D eigenvalue weighted by atomic mass is 10.1. The molecule has 1 rings (SSSR count). The molecule has 1 aliphatic heterocycles. The van der Waals surface area contributed by atoms with Crippen LogP contribution < -0.4 is 0 Å². The summed E-state index contributed by atoms with van der Waals surface area (Å²) >= 11 is 0. The number of unbranched alkanes of at least 4 members (excludes halogenated alkanes) is 2. The Morgan fingerprint density at radius 3 is 2.82 bits per heavy atom. The van der Waals surface area contributed by atoms with Gasteiger partial charge in [-0.05, 0) is 18.2 Å². The lowest BCUT2D eigenvalue weighted by Crippen LogP contribution is -1.93. The average molecular weight is 190 g/mol. The molecule has 1 heterocycles. The Morgan fingerprint density at radius 1 is 1.27 bits per heavy atom. The molecule has 11 heavy (non-hydrogen) atoms. The first-order chi connectivity index (χ1) is 5.43. The maximum Gasteiger partial charge on any atom is 0.0431 e. The number of aliphatic hydroxyl groups excluding tert-OH is 1. The summed E-state index contributed by atoms with van der Waals surface area (Å²) in [5, 5.41) is 11.4. The third-order valence-corrected chi connectivity index (χ3v) is 4.10. The molecule has 0 saturated heterocycles. The molecule has 0 fully saturated rings. The zero-order valence-electron chi connectivity index (χ0n) is 6.53. The molecule has 0 bridgehead atoms. The SMILES string of the molecule is OCCCCCC1C=CSS1. The fourth-order valence-corrected chi connectivity index (χ4v) is 3.29. The minimum absolute atomic E-state index is 0.350. The summed E-state index contributed by atoms with van der Waals surface area (Å²) in [5.74, 6) is 0. The number of hydrogen-bond donors (Lipinski definition) is 1. The van der Waals surface area contributed by atoms with E-state index in [0.717, 1.165) is 11.7 Å². The standard InChI is InChI=1S/C8H14OS2/c9-6-3-1-2-4-8-5-7-10-11-8/h5,7-9H,1-4,6H2. The monoisotopic (exact) mass is 190 g/mol. The van der Waals surface area contributed by atoms with Gasteiger partial charge < -0.3 is 5.11 Å². The van der Waals surface area contributed by atoms with Gasteiger partial charge >= 0.3 is 0 Å². The van der Waals surface area contributed by atoms with Crippen LogP contribution >= 0.6 is 21.6 Å². The fraction of sp³-hybridized carbons (Fsp3) is 0.750. The van der Waals surface area contributed by atoms with Gasteiger partial charge in [-0.15, -0.1) is 0 Å². The van der Waals surface area contributed by atoms with Crippen LogP contribution in [0.4, 0.5) is 0 Å². The first-order valence-corrected chi connectivity index (χ1v) is 6.31. The average Bonchev–Trinajstić information content (AvgIpc) is 2.50. The second-order valence-corrected chi connectivity index (χ2v) is 5.05. The van der Waals surface area contributed by atoms with Gasteiger partial charge in [0.1, 0.15) is 0 Å². The fourth-order valence-electron chi connectivity index (χ4n) is 1.03. The van der Waals surface area contributed by atoms with E-state index in [1.807, 2.05) is 21.6 Å². The van der Waals surface area contributed by atoms with E-state index in [-0.39, 0.29) is 0 Å². The lowest BCUT2D eigenvalue weighted by Gasteiger charge is -2.04. The number of hydrogen-bond acceptors (Lipinski definition) is 3. The predicted molar refractivity (Wildman–Crippen MR) is 53.7 cm³/mol. The number of rotatable bonds is 5. The van der Waals surface area contributed by atoms with E-state index in [9.17, 15) is 0 Å². The largest absolute Gasteiger partial charge is 0.396 e. The topological polar surface area (TPSA) is 20.2 Å². The maximum absolute atomic E-state index is 8.53. The molecular weight excluding hydrogens is 176 g/mol.